The third kappa shape index (κ3) is 3.04. The minimum atomic E-state index is -4.54. The van der Waals surface area contributed by atoms with E-state index in [4.69, 9.17) is 9.84 Å². The lowest BCUT2D eigenvalue weighted by molar-refractivity contribution is -0.138. The summed E-state index contributed by atoms with van der Waals surface area (Å²) < 4.78 is 41.9. The molecule has 0 aliphatic rings. The van der Waals surface area contributed by atoms with Gasteiger partial charge in [-0.3, -0.25) is 0 Å². The fourth-order valence-corrected chi connectivity index (χ4v) is 1.10. The summed E-state index contributed by atoms with van der Waals surface area (Å²) in [5.41, 5.74) is -1.06. The van der Waals surface area contributed by atoms with Crippen molar-refractivity contribution in [3.05, 3.63) is 23.8 Å². The molecule has 0 radical (unpaired) electrons. The second-order valence-corrected chi connectivity index (χ2v) is 3.34. The number of rotatable bonds is 2. The Hall–Kier alpha value is -1.39. The number of alkyl halides is 3. The van der Waals surface area contributed by atoms with Gasteiger partial charge in [0.05, 0.1) is 11.7 Å². The Kier molecular flexibility index (Phi) is 3.12. The average molecular weight is 220 g/mol. The Morgan fingerprint density at radius 1 is 1.27 bits per heavy atom. The summed E-state index contributed by atoms with van der Waals surface area (Å²) in [6.45, 7) is 3.49. The molecule has 0 aromatic heterocycles. The van der Waals surface area contributed by atoms with Crippen molar-refractivity contribution in [3.8, 4) is 11.5 Å². The third-order valence-corrected chi connectivity index (χ3v) is 1.65. The normalized spacial score (nSPS) is 11.9. The van der Waals surface area contributed by atoms with Crippen LogP contribution >= 0.6 is 0 Å². The van der Waals surface area contributed by atoms with Crippen LogP contribution in [-0.4, -0.2) is 11.2 Å². The third-order valence-electron chi connectivity index (χ3n) is 1.65. The lowest BCUT2D eigenvalue weighted by atomic mass is 10.2. The summed E-state index contributed by atoms with van der Waals surface area (Å²) in [4.78, 5) is 0. The van der Waals surface area contributed by atoms with Gasteiger partial charge in [-0.1, -0.05) is 0 Å². The van der Waals surface area contributed by atoms with Crippen molar-refractivity contribution in [3.63, 3.8) is 0 Å². The molecule has 0 fully saturated rings. The van der Waals surface area contributed by atoms with Crippen LogP contribution in [0.25, 0.3) is 0 Å². The predicted molar refractivity (Wildman–Crippen MR) is 48.9 cm³/mol. The molecular formula is C10H11F3O2. The summed E-state index contributed by atoms with van der Waals surface area (Å²) in [6.07, 6.45) is -4.69. The van der Waals surface area contributed by atoms with Gasteiger partial charge < -0.3 is 9.84 Å². The molecule has 0 saturated carbocycles. The van der Waals surface area contributed by atoms with Gasteiger partial charge in [-0.05, 0) is 26.0 Å². The van der Waals surface area contributed by atoms with Gasteiger partial charge in [0.25, 0.3) is 0 Å². The fourth-order valence-electron chi connectivity index (χ4n) is 1.10. The van der Waals surface area contributed by atoms with Crippen LogP contribution in [0.5, 0.6) is 11.5 Å². The second kappa shape index (κ2) is 4.00. The van der Waals surface area contributed by atoms with Crippen LogP contribution in [0, 0.1) is 0 Å². The highest BCUT2D eigenvalue weighted by Crippen LogP contribution is 2.37. The second-order valence-electron chi connectivity index (χ2n) is 3.34. The highest BCUT2D eigenvalue weighted by atomic mass is 19.4. The Bertz CT molecular complexity index is 345. The van der Waals surface area contributed by atoms with E-state index in [1.807, 2.05) is 0 Å². The molecule has 5 heteroatoms. The Balaban J connectivity index is 2.99. The van der Waals surface area contributed by atoms with Gasteiger partial charge in [0.1, 0.15) is 11.5 Å². The lowest BCUT2D eigenvalue weighted by Crippen LogP contribution is -2.08. The molecule has 0 atom stereocenters. The van der Waals surface area contributed by atoms with E-state index in [9.17, 15) is 13.2 Å². The number of phenols is 1. The van der Waals surface area contributed by atoms with Crippen LogP contribution in [0.4, 0.5) is 13.2 Å². The van der Waals surface area contributed by atoms with E-state index in [1.165, 1.54) is 6.07 Å². The van der Waals surface area contributed by atoms with Crippen LogP contribution in [0.2, 0.25) is 0 Å². The molecule has 15 heavy (non-hydrogen) atoms. The van der Waals surface area contributed by atoms with Gasteiger partial charge in [-0.2, -0.15) is 13.2 Å². The summed E-state index contributed by atoms with van der Waals surface area (Å²) in [7, 11) is 0. The molecule has 0 unspecified atom stereocenters. The van der Waals surface area contributed by atoms with Crippen molar-refractivity contribution in [2.75, 3.05) is 0 Å². The van der Waals surface area contributed by atoms with Gasteiger partial charge in [-0.25, -0.2) is 0 Å². The maximum Gasteiger partial charge on any atom is 0.419 e. The smallest absolute Gasteiger partial charge is 0.419 e. The van der Waals surface area contributed by atoms with E-state index in [1.54, 1.807) is 13.8 Å². The molecule has 0 aliphatic carbocycles. The van der Waals surface area contributed by atoms with Crippen LogP contribution < -0.4 is 4.74 Å². The molecule has 0 aliphatic heterocycles. The Morgan fingerprint density at radius 3 is 2.27 bits per heavy atom. The van der Waals surface area contributed by atoms with Crippen LogP contribution in [0.3, 0.4) is 0 Å². The summed E-state index contributed by atoms with van der Waals surface area (Å²) >= 11 is 0. The van der Waals surface area contributed by atoms with Gasteiger partial charge in [0.2, 0.25) is 0 Å². The molecule has 0 heterocycles. The van der Waals surface area contributed by atoms with Gasteiger partial charge >= 0.3 is 6.18 Å². The van der Waals surface area contributed by atoms with Crippen molar-refractivity contribution >= 4 is 0 Å². The zero-order valence-electron chi connectivity index (χ0n) is 8.30. The van der Waals surface area contributed by atoms with Crippen molar-refractivity contribution in [1.82, 2.24) is 0 Å². The van der Waals surface area contributed by atoms with Crippen molar-refractivity contribution in [2.24, 2.45) is 0 Å². The lowest BCUT2D eigenvalue weighted by Gasteiger charge is -2.13. The average Bonchev–Trinajstić information content (AvgIpc) is 1.99. The highest BCUT2D eigenvalue weighted by Gasteiger charge is 2.33. The molecule has 1 aromatic rings. The fraction of sp³-hybridized carbons (Fsp3) is 0.400. The number of phenolic OH excluding ortho intramolecular Hbond substituents is 1. The molecule has 0 amide bonds. The monoisotopic (exact) mass is 220 g/mol. The number of halogens is 3. The van der Waals surface area contributed by atoms with E-state index in [2.05, 4.69) is 0 Å². The molecule has 2 nitrogen and oxygen atoms in total. The van der Waals surface area contributed by atoms with E-state index >= 15 is 0 Å². The topological polar surface area (TPSA) is 29.5 Å². The van der Waals surface area contributed by atoms with Crippen molar-refractivity contribution in [1.29, 1.82) is 0 Å². The maximum absolute atomic E-state index is 12.2. The zero-order chi connectivity index (χ0) is 11.6. The Morgan fingerprint density at radius 2 is 1.87 bits per heavy atom. The molecule has 0 spiro atoms. The van der Waals surface area contributed by atoms with E-state index in [0.29, 0.717) is 0 Å². The minimum Gasteiger partial charge on any atom is -0.507 e. The van der Waals surface area contributed by atoms with Crippen molar-refractivity contribution < 1.29 is 23.0 Å². The number of aromatic hydroxyl groups is 1. The standard InChI is InChI=1S/C10H11F3O2/c1-6(2)15-7-3-4-8(9(14)5-7)10(11,12)13/h3-6,14H,1-2H3. The Labute approximate surface area is 85.3 Å². The summed E-state index contributed by atoms with van der Waals surface area (Å²) in [6, 6.07) is 2.94. The van der Waals surface area contributed by atoms with Crippen molar-refractivity contribution in [2.45, 2.75) is 26.1 Å². The molecular weight excluding hydrogens is 209 g/mol. The molecule has 1 rings (SSSR count). The van der Waals surface area contributed by atoms with Crippen LogP contribution in [0.1, 0.15) is 19.4 Å². The number of ether oxygens (including phenoxy) is 1. The molecule has 84 valence electrons. The first kappa shape index (κ1) is 11.7. The SMILES string of the molecule is CC(C)Oc1ccc(C(F)(F)F)c(O)c1. The molecule has 0 saturated heterocycles. The van der Waals surface area contributed by atoms with E-state index in [0.717, 1.165) is 12.1 Å². The molecule has 1 N–H and O–H groups in total. The maximum atomic E-state index is 12.2. The summed E-state index contributed by atoms with van der Waals surface area (Å²) in [5.74, 6) is -0.601. The van der Waals surface area contributed by atoms with E-state index in [-0.39, 0.29) is 11.9 Å². The molecule has 1 aromatic carbocycles. The van der Waals surface area contributed by atoms with Gasteiger partial charge in [0, 0.05) is 6.07 Å². The first-order valence-corrected chi connectivity index (χ1v) is 4.37. The quantitative estimate of drug-likeness (QED) is 0.829. The first-order chi connectivity index (χ1) is 6.80. The van der Waals surface area contributed by atoms with Crippen LogP contribution in [0.15, 0.2) is 18.2 Å². The summed E-state index contributed by atoms with van der Waals surface area (Å²) in [5, 5.41) is 9.14. The largest absolute Gasteiger partial charge is 0.507 e. The number of hydrogen-bond acceptors (Lipinski definition) is 2. The van der Waals surface area contributed by atoms with Gasteiger partial charge in [0.15, 0.2) is 0 Å². The molecule has 0 bridgehead atoms. The number of hydrogen-bond donors (Lipinski definition) is 1. The first-order valence-electron chi connectivity index (χ1n) is 4.37. The highest BCUT2D eigenvalue weighted by molar-refractivity contribution is 5.41. The predicted octanol–water partition coefficient (Wildman–Crippen LogP) is 3.20. The minimum absolute atomic E-state index is 0.152. The van der Waals surface area contributed by atoms with Gasteiger partial charge in [-0.15, -0.1) is 0 Å². The number of benzene rings is 1. The van der Waals surface area contributed by atoms with E-state index < -0.39 is 17.5 Å². The van der Waals surface area contributed by atoms with Crippen LogP contribution in [-0.2, 0) is 6.18 Å². The zero-order valence-corrected chi connectivity index (χ0v) is 8.30.